The maximum absolute atomic E-state index is 12.2. The number of terminal acetylenes is 1. The van der Waals surface area contributed by atoms with Crippen molar-refractivity contribution in [2.24, 2.45) is 28.6 Å². The number of carbonyl (C=O) groups excluding carboxylic acids is 1. The Kier molecular flexibility index (Phi) is 4.63. The fourth-order valence-electron chi connectivity index (χ4n) is 8.10. The highest BCUT2D eigenvalue weighted by Crippen LogP contribution is 2.70. The van der Waals surface area contributed by atoms with Gasteiger partial charge in [0.25, 0.3) is 0 Å². The van der Waals surface area contributed by atoms with E-state index in [2.05, 4.69) is 53.3 Å². The quantitative estimate of drug-likeness (QED) is 0.525. The molecule has 0 radical (unpaired) electrons. The van der Waals surface area contributed by atoms with E-state index < -0.39 is 5.60 Å². The number of fused-ring (bicyclic) bond motifs is 5. The van der Waals surface area contributed by atoms with E-state index in [1.807, 2.05) is 6.08 Å². The number of hydrogen-bond donors (Lipinski definition) is 1. The minimum atomic E-state index is -1.01. The van der Waals surface area contributed by atoms with E-state index in [0.29, 0.717) is 42.3 Å². The summed E-state index contributed by atoms with van der Waals surface area (Å²) in [6.45, 7) is 4.68. The van der Waals surface area contributed by atoms with E-state index in [-0.39, 0.29) is 10.8 Å². The lowest BCUT2D eigenvalue weighted by molar-refractivity contribution is -0.122. The molecule has 1 aromatic rings. The zero-order chi connectivity index (χ0) is 21.3. The third-order valence-corrected chi connectivity index (χ3v) is 10.0. The third-order valence-electron chi connectivity index (χ3n) is 9.66. The number of aliphatic hydroxyl groups is 1. The Labute approximate surface area is 183 Å². The Morgan fingerprint density at radius 3 is 2.73 bits per heavy atom. The molecule has 2 nitrogen and oxygen atoms in total. The molecule has 0 aliphatic heterocycles. The van der Waals surface area contributed by atoms with Gasteiger partial charge in [-0.15, -0.1) is 15.7 Å². The fraction of sp³-hybridized carbons (Fsp3) is 0.593. The van der Waals surface area contributed by atoms with E-state index in [0.717, 1.165) is 32.1 Å². The lowest BCUT2D eigenvalue weighted by Gasteiger charge is -2.61. The first-order valence-electron chi connectivity index (χ1n) is 11.5. The summed E-state index contributed by atoms with van der Waals surface area (Å²) in [5.41, 5.74) is 1.53. The molecule has 8 atom stereocenters. The van der Waals surface area contributed by atoms with Crippen LogP contribution >= 0.6 is 9.24 Å². The van der Waals surface area contributed by atoms with Crippen molar-refractivity contribution < 1.29 is 9.90 Å². The maximum atomic E-state index is 12.2. The molecule has 0 amide bonds. The average Bonchev–Trinajstić information content (AvgIpc) is 2.99. The smallest absolute Gasteiger partial charge is 0.155 e. The molecule has 4 aliphatic rings. The Morgan fingerprint density at radius 1 is 1.20 bits per heavy atom. The monoisotopic (exact) mass is 420 g/mol. The summed E-state index contributed by atoms with van der Waals surface area (Å²) in [6.07, 6.45) is 14.3. The van der Waals surface area contributed by atoms with Crippen LogP contribution in [0.15, 0.2) is 35.9 Å². The van der Waals surface area contributed by atoms with Gasteiger partial charge in [0.1, 0.15) is 5.60 Å². The van der Waals surface area contributed by atoms with Gasteiger partial charge < -0.3 is 5.11 Å². The van der Waals surface area contributed by atoms with Crippen molar-refractivity contribution >= 4 is 20.3 Å². The van der Waals surface area contributed by atoms with Crippen molar-refractivity contribution in [1.82, 2.24) is 0 Å². The molecule has 1 N–H and O–H groups in total. The Morgan fingerprint density at radius 2 is 2.00 bits per heavy atom. The summed E-state index contributed by atoms with van der Waals surface area (Å²) in [4.78, 5) is 12.2. The van der Waals surface area contributed by atoms with Crippen molar-refractivity contribution in [2.75, 3.05) is 0 Å². The van der Waals surface area contributed by atoms with E-state index in [9.17, 15) is 9.90 Å². The minimum absolute atomic E-state index is 0.0660. The zero-order valence-corrected chi connectivity index (χ0v) is 19.3. The summed E-state index contributed by atoms with van der Waals surface area (Å²) >= 11 is 0. The predicted octanol–water partition coefficient (Wildman–Crippen LogP) is 4.78. The van der Waals surface area contributed by atoms with Crippen LogP contribution in [0.3, 0.4) is 0 Å². The Balaban J connectivity index is 1.68. The van der Waals surface area contributed by atoms with Crippen LogP contribution < -0.4 is 5.30 Å². The molecule has 0 aromatic heterocycles. The Hall–Kier alpha value is -1.42. The maximum Gasteiger partial charge on any atom is 0.155 e. The van der Waals surface area contributed by atoms with Gasteiger partial charge in [0.2, 0.25) is 0 Å². The lowest BCUT2D eigenvalue weighted by atomic mass is 9.43. The molecule has 158 valence electrons. The summed E-state index contributed by atoms with van der Waals surface area (Å²) in [6, 6.07) is 8.84. The third kappa shape index (κ3) is 2.68. The van der Waals surface area contributed by atoms with Crippen LogP contribution in [-0.2, 0) is 4.79 Å². The van der Waals surface area contributed by atoms with Crippen LogP contribution in [0.1, 0.15) is 70.3 Å². The van der Waals surface area contributed by atoms with Gasteiger partial charge in [-0.1, -0.05) is 49.6 Å². The minimum Gasteiger partial charge on any atom is -0.377 e. The van der Waals surface area contributed by atoms with Crippen molar-refractivity contribution in [3.8, 4) is 12.3 Å². The van der Waals surface area contributed by atoms with Crippen molar-refractivity contribution in [2.45, 2.75) is 70.3 Å². The van der Waals surface area contributed by atoms with E-state index >= 15 is 0 Å². The van der Waals surface area contributed by atoms with Gasteiger partial charge in [0.05, 0.1) is 0 Å². The first kappa shape index (κ1) is 20.5. The van der Waals surface area contributed by atoms with E-state index in [4.69, 9.17) is 6.42 Å². The molecule has 0 bridgehead atoms. The standard InChI is InChI=1S/C27H33O2P/c1-4-27(29)13-11-23-21-9-8-18-15-19(28)10-12-25(18,2)24(21)22(16-26(23,27)3)17-6-5-7-20(30)14-17/h1,5-7,14-15,21-24,29H,8-13,16,30H2,2-3H3/t21-,22-,23-,24?,25-,26-,27-/m0/s1. The topological polar surface area (TPSA) is 37.3 Å². The molecular weight excluding hydrogens is 387 g/mol. The van der Waals surface area contributed by atoms with E-state index in [1.165, 1.54) is 16.4 Å². The molecular formula is C27H33O2P. The van der Waals surface area contributed by atoms with Gasteiger partial charge in [-0.05, 0) is 84.6 Å². The normalized spacial score (nSPS) is 45.0. The zero-order valence-electron chi connectivity index (χ0n) is 18.2. The van der Waals surface area contributed by atoms with Crippen LogP contribution in [0, 0.1) is 40.9 Å². The van der Waals surface area contributed by atoms with Crippen molar-refractivity contribution in [3.63, 3.8) is 0 Å². The Bertz CT molecular complexity index is 973. The number of ketones is 1. The molecule has 4 aliphatic carbocycles. The lowest BCUT2D eigenvalue weighted by Crippen LogP contribution is -2.57. The highest BCUT2D eigenvalue weighted by atomic mass is 31.0. The van der Waals surface area contributed by atoms with Gasteiger partial charge in [0, 0.05) is 11.8 Å². The van der Waals surface area contributed by atoms with Gasteiger partial charge in [-0.25, -0.2) is 0 Å². The number of carbonyl (C=O) groups is 1. The molecule has 30 heavy (non-hydrogen) atoms. The summed E-state index contributed by atoms with van der Waals surface area (Å²) < 4.78 is 0. The molecule has 1 aromatic carbocycles. The predicted molar refractivity (Wildman–Crippen MR) is 124 cm³/mol. The summed E-state index contributed by atoms with van der Waals surface area (Å²) in [5, 5.41) is 12.7. The van der Waals surface area contributed by atoms with E-state index in [1.54, 1.807) is 0 Å². The van der Waals surface area contributed by atoms with Crippen LogP contribution in [-0.4, -0.2) is 16.5 Å². The van der Waals surface area contributed by atoms with Gasteiger partial charge in [-0.3, -0.25) is 4.79 Å². The first-order valence-corrected chi connectivity index (χ1v) is 12.1. The first-order chi connectivity index (χ1) is 14.2. The van der Waals surface area contributed by atoms with Gasteiger partial charge in [0.15, 0.2) is 5.78 Å². The molecule has 5 rings (SSSR count). The molecule has 0 saturated heterocycles. The van der Waals surface area contributed by atoms with Crippen molar-refractivity contribution in [1.29, 1.82) is 0 Å². The van der Waals surface area contributed by atoms with Gasteiger partial charge in [-0.2, -0.15) is 0 Å². The molecule has 0 heterocycles. The molecule has 2 unspecified atom stereocenters. The average molecular weight is 421 g/mol. The van der Waals surface area contributed by atoms with Crippen LogP contribution in [0.5, 0.6) is 0 Å². The number of hydrogen-bond acceptors (Lipinski definition) is 2. The summed E-state index contributed by atoms with van der Waals surface area (Å²) in [5.74, 6) is 4.96. The highest BCUT2D eigenvalue weighted by Gasteiger charge is 2.66. The second-order valence-corrected chi connectivity index (χ2v) is 11.5. The number of benzene rings is 1. The molecule has 3 heteroatoms. The number of allylic oxidation sites excluding steroid dienone is 1. The van der Waals surface area contributed by atoms with Crippen LogP contribution in [0.4, 0.5) is 0 Å². The fourth-order valence-corrected chi connectivity index (χ4v) is 8.40. The van der Waals surface area contributed by atoms with Crippen LogP contribution in [0.25, 0.3) is 0 Å². The van der Waals surface area contributed by atoms with Gasteiger partial charge >= 0.3 is 0 Å². The molecule has 0 spiro atoms. The second-order valence-electron chi connectivity index (χ2n) is 10.8. The van der Waals surface area contributed by atoms with Crippen molar-refractivity contribution in [3.05, 3.63) is 41.5 Å². The molecule has 3 fully saturated rings. The SMILES string of the molecule is C#C[C@]1(O)CC[C@H]2[C@@H]3CCC4=CC(=O)CC[C@]4(C)C3[C@H](c3cccc(P)c3)C[C@@]21C. The second kappa shape index (κ2) is 6.79. The largest absolute Gasteiger partial charge is 0.377 e. The molecule has 3 saturated carbocycles. The number of rotatable bonds is 1. The van der Waals surface area contributed by atoms with Crippen LogP contribution in [0.2, 0.25) is 0 Å². The highest BCUT2D eigenvalue weighted by molar-refractivity contribution is 7.27. The summed E-state index contributed by atoms with van der Waals surface area (Å²) in [7, 11) is 2.83.